The summed E-state index contributed by atoms with van der Waals surface area (Å²) in [7, 11) is 0. The molecule has 1 unspecified atom stereocenters. The van der Waals surface area contributed by atoms with E-state index in [1.165, 1.54) is 37.0 Å². The number of hydrogen-bond acceptors (Lipinski definition) is 5. The zero-order valence-corrected chi connectivity index (χ0v) is 15.3. The first-order valence-corrected chi connectivity index (χ1v) is 9.17. The van der Waals surface area contributed by atoms with Gasteiger partial charge in [-0.25, -0.2) is 0 Å². The average Bonchev–Trinajstić information content (AvgIpc) is 2.58. The summed E-state index contributed by atoms with van der Waals surface area (Å²) in [5.41, 5.74) is 0. The number of carbonyl (C=O) groups excluding carboxylic acids is 1. The Morgan fingerprint density at radius 1 is 1.12 bits per heavy atom. The van der Waals surface area contributed by atoms with E-state index in [2.05, 4.69) is 12.2 Å². The number of nitrogens with one attached hydrogen (secondary N) is 1. The van der Waals surface area contributed by atoms with Crippen molar-refractivity contribution in [2.75, 3.05) is 26.2 Å². The summed E-state index contributed by atoms with van der Waals surface area (Å²) in [6.07, 6.45) is 11.4. The lowest BCUT2D eigenvalue weighted by molar-refractivity contribution is -0.142. The van der Waals surface area contributed by atoms with E-state index in [9.17, 15) is 14.7 Å². The predicted molar refractivity (Wildman–Crippen MR) is 97.1 cm³/mol. The molecule has 0 saturated carbocycles. The van der Waals surface area contributed by atoms with Crippen LogP contribution in [-0.4, -0.2) is 64.6 Å². The average molecular weight is 358 g/mol. The molecule has 0 aromatic heterocycles. The minimum Gasteiger partial charge on any atom is -0.480 e. The van der Waals surface area contributed by atoms with Crippen LogP contribution in [0.2, 0.25) is 0 Å². The van der Waals surface area contributed by atoms with Crippen molar-refractivity contribution in [2.45, 2.75) is 64.5 Å². The summed E-state index contributed by atoms with van der Waals surface area (Å²) in [5.74, 6) is -1.25. The number of carboxylic acid groups (broad SMARTS) is 1. The number of amides is 1. The Hall–Kier alpha value is -1.44. The van der Waals surface area contributed by atoms with E-state index >= 15 is 0 Å². The minimum atomic E-state index is -1.25. The number of carboxylic acids is 1. The summed E-state index contributed by atoms with van der Waals surface area (Å²) in [6.45, 7) is 1.63. The monoisotopic (exact) mass is 358 g/mol. The van der Waals surface area contributed by atoms with Crippen LogP contribution < -0.4 is 5.32 Å². The molecule has 4 N–H and O–H groups in total. The van der Waals surface area contributed by atoms with Crippen LogP contribution in [0.5, 0.6) is 0 Å². The quantitative estimate of drug-likeness (QED) is 0.189. The van der Waals surface area contributed by atoms with Crippen molar-refractivity contribution in [1.29, 1.82) is 0 Å². The van der Waals surface area contributed by atoms with Crippen LogP contribution in [0.4, 0.5) is 0 Å². The Bertz CT molecular complexity index is 388. The molecule has 0 saturated heterocycles. The van der Waals surface area contributed by atoms with Gasteiger partial charge in [-0.2, -0.15) is 0 Å². The van der Waals surface area contributed by atoms with Crippen molar-refractivity contribution in [1.82, 2.24) is 10.2 Å². The van der Waals surface area contributed by atoms with Crippen LogP contribution in [0.25, 0.3) is 0 Å². The van der Waals surface area contributed by atoms with Crippen LogP contribution in [0.15, 0.2) is 12.2 Å². The number of rotatable bonds is 16. The molecule has 1 amide bonds. The van der Waals surface area contributed by atoms with Gasteiger partial charge in [0.05, 0.1) is 13.2 Å². The standard InChI is InChI=1S/C18H34N2O5/c1-2-3-4-5-6-7-8-9-10-11-16(22)19-12-13-20(14-18(24)25)17(23)15-21/h9-10,17,21,23H,2-8,11-15H2,1H3,(H,19,22)(H,24,25)/b10-9+. The first-order chi connectivity index (χ1) is 12.0. The molecular weight excluding hydrogens is 324 g/mol. The lowest BCUT2D eigenvalue weighted by Gasteiger charge is -2.24. The minimum absolute atomic E-state index is 0.145. The van der Waals surface area contributed by atoms with E-state index in [1.54, 1.807) is 0 Å². The third kappa shape index (κ3) is 14.6. The molecule has 0 fully saturated rings. The number of hydrogen-bond donors (Lipinski definition) is 4. The largest absolute Gasteiger partial charge is 0.480 e. The summed E-state index contributed by atoms with van der Waals surface area (Å²) in [4.78, 5) is 23.6. The summed E-state index contributed by atoms with van der Waals surface area (Å²) in [6, 6.07) is 0. The molecule has 25 heavy (non-hydrogen) atoms. The highest BCUT2D eigenvalue weighted by atomic mass is 16.4. The Kier molecular flexibility index (Phi) is 15.1. The van der Waals surface area contributed by atoms with Crippen LogP contribution in [0, 0.1) is 0 Å². The predicted octanol–water partition coefficient (Wildman–Crippen LogP) is 1.50. The van der Waals surface area contributed by atoms with Gasteiger partial charge in [0.2, 0.25) is 5.91 Å². The molecule has 0 rings (SSSR count). The number of carbonyl (C=O) groups is 2. The lowest BCUT2D eigenvalue weighted by Crippen LogP contribution is -2.45. The Balaban J connectivity index is 3.77. The van der Waals surface area contributed by atoms with Crippen LogP contribution >= 0.6 is 0 Å². The molecule has 0 spiro atoms. The van der Waals surface area contributed by atoms with Gasteiger partial charge in [-0.3, -0.25) is 14.5 Å². The van der Waals surface area contributed by atoms with Gasteiger partial charge in [0.25, 0.3) is 0 Å². The molecule has 0 aliphatic rings. The fourth-order valence-corrected chi connectivity index (χ4v) is 2.38. The van der Waals surface area contributed by atoms with Gasteiger partial charge in [-0.1, -0.05) is 51.2 Å². The topological polar surface area (TPSA) is 110 Å². The number of nitrogens with zero attached hydrogens (tertiary/aromatic N) is 1. The highest BCUT2D eigenvalue weighted by molar-refractivity contribution is 5.77. The lowest BCUT2D eigenvalue weighted by atomic mass is 10.1. The number of aliphatic hydroxyl groups is 2. The number of allylic oxidation sites excluding steroid dienone is 1. The molecule has 7 nitrogen and oxygen atoms in total. The molecule has 0 bridgehead atoms. The van der Waals surface area contributed by atoms with Gasteiger partial charge >= 0.3 is 5.97 Å². The fourth-order valence-electron chi connectivity index (χ4n) is 2.38. The molecule has 0 heterocycles. The van der Waals surface area contributed by atoms with E-state index in [4.69, 9.17) is 10.2 Å². The maximum atomic E-state index is 11.7. The Labute approximate surface area is 150 Å². The van der Waals surface area contributed by atoms with E-state index in [0.717, 1.165) is 12.8 Å². The zero-order chi connectivity index (χ0) is 18.9. The third-order valence-electron chi connectivity index (χ3n) is 3.84. The molecular formula is C18H34N2O5. The first kappa shape index (κ1) is 23.6. The van der Waals surface area contributed by atoms with E-state index < -0.39 is 25.3 Å². The van der Waals surface area contributed by atoms with Crippen LogP contribution in [0.1, 0.15) is 58.3 Å². The summed E-state index contributed by atoms with van der Waals surface area (Å²) < 4.78 is 0. The van der Waals surface area contributed by atoms with Gasteiger partial charge in [0.15, 0.2) is 0 Å². The van der Waals surface area contributed by atoms with Gasteiger partial charge in [0, 0.05) is 19.5 Å². The SMILES string of the molecule is CCCCCCCC/C=C/CC(=O)NCCN(CC(=O)O)C(O)CO. The second kappa shape index (κ2) is 16.1. The molecule has 0 aromatic carbocycles. The smallest absolute Gasteiger partial charge is 0.317 e. The summed E-state index contributed by atoms with van der Waals surface area (Å²) in [5, 5.41) is 29.8. The van der Waals surface area contributed by atoms with Gasteiger partial charge in [-0.15, -0.1) is 0 Å². The highest BCUT2D eigenvalue weighted by Crippen LogP contribution is 2.07. The molecule has 146 valence electrons. The maximum Gasteiger partial charge on any atom is 0.317 e. The third-order valence-corrected chi connectivity index (χ3v) is 3.84. The van der Waals surface area contributed by atoms with Crippen molar-refractivity contribution in [3.8, 4) is 0 Å². The summed E-state index contributed by atoms with van der Waals surface area (Å²) >= 11 is 0. The molecule has 7 heteroatoms. The number of aliphatic carboxylic acids is 1. The van der Waals surface area contributed by atoms with Gasteiger partial charge in [-0.05, 0) is 12.8 Å². The molecule has 0 aromatic rings. The van der Waals surface area contributed by atoms with Gasteiger partial charge in [0.1, 0.15) is 6.23 Å². The van der Waals surface area contributed by atoms with E-state index in [1.807, 2.05) is 12.2 Å². The molecule has 0 aliphatic carbocycles. The number of aliphatic hydroxyl groups excluding tert-OH is 2. The maximum absolute atomic E-state index is 11.7. The zero-order valence-electron chi connectivity index (χ0n) is 15.3. The van der Waals surface area contributed by atoms with Crippen LogP contribution in [0.3, 0.4) is 0 Å². The van der Waals surface area contributed by atoms with Gasteiger partial charge < -0.3 is 20.6 Å². The van der Waals surface area contributed by atoms with Crippen molar-refractivity contribution in [3.63, 3.8) is 0 Å². The molecule has 1 atom stereocenters. The molecule has 0 radical (unpaired) electrons. The molecule has 0 aliphatic heterocycles. The Morgan fingerprint density at radius 2 is 1.80 bits per heavy atom. The first-order valence-electron chi connectivity index (χ1n) is 9.17. The van der Waals surface area contributed by atoms with Crippen molar-refractivity contribution >= 4 is 11.9 Å². The van der Waals surface area contributed by atoms with Crippen LogP contribution in [-0.2, 0) is 9.59 Å². The highest BCUT2D eigenvalue weighted by Gasteiger charge is 2.17. The Morgan fingerprint density at radius 3 is 2.44 bits per heavy atom. The van der Waals surface area contributed by atoms with Crippen molar-refractivity contribution < 1.29 is 24.9 Å². The number of unbranched alkanes of at least 4 members (excludes halogenated alkanes) is 6. The fraction of sp³-hybridized carbons (Fsp3) is 0.778. The second-order valence-corrected chi connectivity index (χ2v) is 6.11. The van der Waals surface area contributed by atoms with E-state index in [0.29, 0.717) is 0 Å². The van der Waals surface area contributed by atoms with Crippen molar-refractivity contribution in [3.05, 3.63) is 12.2 Å². The normalized spacial score (nSPS) is 12.6. The van der Waals surface area contributed by atoms with Crippen molar-refractivity contribution in [2.24, 2.45) is 0 Å². The second-order valence-electron chi connectivity index (χ2n) is 6.11. The van der Waals surface area contributed by atoms with E-state index in [-0.39, 0.29) is 25.4 Å².